The van der Waals surface area contributed by atoms with E-state index < -0.39 is 0 Å². The molecule has 0 amide bonds. The highest BCUT2D eigenvalue weighted by Gasteiger charge is 2.07. The predicted octanol–water partition coefficient (Wildman–Crippen LogP) is 2.76. The lowest BCUT2D eigenvalue weighted by molar-refractivity contribution is 0.817. The van der Waals surface area contributed by atoms with Crippen LogP contribution in [-0.2, 0) is 12.8 Å². The predicted molar refractivity (Wildman–Crippen MR) is 73.9 cm³/mol. The van der Waals surface area contributed by atoms with Crippen LogP contribution in [0, 0.1) is 6.92 Å². The summed E-state index contributed by atoms with van der Waals surface area (Å²) >= 11 is 5.21. The van der Waals surface area contributed by atoms with E-state index in [1.165, 1.54) is 0 Å². The molecule has 1 heterocycles. The van der Waals surface area contributed by atoms with E-state index in [0.717, 1.165) is 32.5 Å². The number of hydrogen-bond donors (Lipinski definition) is 1. The first kappa shape index (κ1) is 12.4. The molecule has 17 heavy (non-hydrogen) atoms. The van der Waals surface area contributed by atoms with Crippen molar-refractivity contribution in [2.75, 3.05) is 5.73 Å². The molecule has 0 fully saturated rings. The Morgan fingerprint density at radius 3 is 2.76 bits per heavy atom. The van der Waals surface area contributed by atoms with Gasteiger partial charge in [0.25, 0.3) is 0 Å². The molecule has 2 rings (SSSR count). The fraction of sp³-hybridized carbons (Fsp3) is 0.273. The van der Waals surface area contributed by atoms with E-state index in [1.807, 2.05) is 36.7 Å². The van der Waals surface area contributed by atoms with Crippen molar-refractivity contribution in [1.29, 1.82) is 0 Å². The van der Waals surface area contributed by atoms with Gasteiger partial charge in [0.05, 0.1) is 5.75 Å². The maximum atomic E-state index is 5.70. The molecule has 0 aliphatic carbocycles. The smallest absolute Gasteiger partial charge is 0.143 e. The van der Waals surface area contributed by atoms with Crippen LogP contribution in [0.3, 0.4) is 0 Å². The molecule has 0 bridgehead atoms. The van der Waals surface area contributed by atoms with Crippen molar-refractivity contribution >= 4 is 33.4 Å². The van der Waals surface area contributed by atoms with Crippen LogP contribution in [-0.4, -0.2) is 14.8 Å². The molecule has 2 aromatic rings. The Balaban J connectivity index is 2.10. The summed E-state index contributed by atoms with van der Waals surface area (Å²) in [5, 5.41) is 8.16. The second-order valence-electron chi connectivity index (χ2n) is 3.70. The van der Waals surface area contributed by atoms with Gasteiger partial charge < -0.3 is 10.3 Å². The minimum Gasteiger partial charge on any atom is -0.399 e. The maximum absolute atomic E-state index is 5.70. The van der Waals surface area contributed by atoms with Crippen molar-refractivity contribution < 1.29 is 0 Å². The summed E-state index contributed by atoms with van der Waals surface area (Å²) in [6, 6.07) is 5.81. The fourth-order valence-corrected chi connectivity index (χ4v) is 2.99. The summed E-state index contributed by atoms with van der Waals surface area (Å²) < 4.78 is 3.01. The van der Waals surface area contributed by atoms with Crippen LogP contribution in [0.2, 0.25) is 0 Å². The average Bonchev–Trinajstić information content (AvgIpc) is 2.59. The van der Waals surface area contributed by atoms with Crippen LogP contribution in [0.5, 0.6) is 0 Å². The molecule has 0 saturated heterocycles. The third-order valence-electron chi connectivity index (χ3n) is 2.50. The Morgan fingerprint density at radius 2 is 2.18 bits per heavy atom. The van der Waals surface area contributed by atoms with Crippen LogP contribution < -0.4 is 5.73 Å². The van der Waals surface area contributed by atoms with Crippen molar-refractivity contribution in [1.82, 2.24) is 14.8 Å². The Bertz CT molecular complexity index is 538. The second kappa shape index (κ2) is 5.10. The topological polar surface area (TPSA) is 56.7 Å². The van der Waals surface area contributed by atoms with Crippen LogP contribution in [0.1, 0.15) is 11.6 Å². The van der Waals surface area contributed by atoms with E-state index in [4.69, 9.17) is 5.73 Å². The number of hydrogen-bond acceptors (Lipinski definition) is 4. The van der Waals surface area contributed by atoms with Gasteiger partial charge in [0.15, 0.2) is 0 Å². The Kier molecular flexibility index (Phi) is 3.73. The zero-order chi connectivity index (χ0) is 12.4. The summed E-state index contributed by atoms with van der Waals surface area (Å²) in [5.41, 5.74) is 6.46. The molecule has 2 N–H and O–H groups in total. The van der Waals surface area contributed by atoms with Gasteiger partial charge in [-0.2, -0.15) is 0 Å². The van der Waals surface area contributed by atoms with Gasteiger partial charge in [-0.15, -0.1) is 22.0 Å². The molecule has 1 aromatic heterocycles. The summed E-state index contributed by atoms with van der Waals surface area (Å²) in [5.74, 6) is 2.69. The molecular formula is C11H13BrN4S. The van der Waals surface area contributed by atoms with Crippen molar-refractivity contribution in [2.45, 2.75) is 17.6 Å². The standard InChI is InChI=1S/C11H13BrN4S/c1-7-14-15-11(16(7)2)6-17-10-4-3-8(13)5-9(10)12/h3-5H,6,13H2,1-2H3. The third-order valence-corrected chi connectivity index (χ3v) is 4.48. The first-order valence-corrected chi connectivity index (χ1v) is 6.88. The van der Waals surface area contributed by atoms with Gasteiger partial charge >= 0.3 is 0 Å². The van der Waals surface area contributed by atoms with Crippen LogP contribution >= 0.6 is 27.7 Å². The number of aryl methyl sites for hydroxylation is 1. The maximum Gasteiger partial charge on any atom is 0.143 e. The SMILES string of the molecule is Cc1nnc(CSc2ccc(N)cc2Br)n1C. The molecule has 0 radical (unpaired) electrons. The van der Waals surface area contributed by atoms with Crippen molar-refractivity contribution in [3.8, 4) is 0 Å². The largest absolute Gasteiger partial charge is 0.399 e. The van der Waals surface area contributed by atoms with E-state index in [2.05, 4.69) is 26.1 Å². The highest BCUT2D eigenvalue weighted by atomic mass is 79.9. The molecule has 0 atom stereocenters. The number of nitrogens with zero attached hydrogens (tertiary/aromatic N) is 3. The van der Waals surface area contributed by atoms with Gasteiger partial charge in [-0.05, 0) is 41.1 Å². The van der Waals surface area contributed by atoms with Gasteiger partial charge in [-0.3, -0.25) is 0 Å². The molecule has 0 aliphatic heterocycles. The summed E-state index contributed by atoms with van der Waals surface area (Å²) in [7, 11) is 1.98. The molecule has 0 spiro atoms. The zero-order valence-electron chi connectivity index (χ0n) is 9.64. The van der Waals surface area contributed by atoms with Gasteiger partial charge in [0.1, 0.15) is 11.6 Å². The van der Waals surface area contributed by atoms with E-state index >= 15 is 0 Å². The highest BCUT2D eigenvalue weighted by molar-refractivity contribution is 9.10. The minimum atomic E-state index is 0.760. The number of thioether (sulfide) groups is 1. The van der Waals surface area contributed by atoms with Crippen molar-refractivity contribution in [2.24, 2.45) is 7.05 Å². The molecular weight excluding hydrogens is 300 g/mol. The Labute approximate surface area is 113 Å². The lowest BCUT2D eigenvalue weighted by atomic mass is 10.3. The van der Waals surface area contributed by atoms with Crippen LogP contribution in [0.15, 0.2) is 27.6 Å². The van der Waals surface area contributed by atoms with Gasteiger partial charge in [-0.25, -0.2) is 0 Å². The van der Waals surface area contributed by atoms with Crippen molar-refractivity contribution in [3.05, 3.63) is 34.3 Å². The fourth-order valence-electron chi connectivity index (χ4n) is 1.35. The summed E-state index contributed by atoms with van der Waals surface area (Å²) in [6.07, 6.45) is 0. The molecule has 90 valence electrons. The first-order chi connectivity index (χ1) is 8.08. The van der Waals surface area contributed by atoms with Gasteiger partial charge in [-0.1, -0.05) is 0 Å². The average molecular weight is 313 g/mol. The first-order valence-electron chi connectivity index (χ1n) is 5.10. The van der Waals surface area contributed by atoms with E-state index in [1.54, 1.807) is 11.8 Å². The lowest BCUT2D eigenvalue weighted by Gasteiger charge is -2.05. The number of aromatic nitrogens is 3. The lowest BCUT2D eigenvalue weighted by Crippen LogP contribution is -1.97. The van der Waals surface area contributed by atoms with Crippen LogP contribution in [0.4, 0.5) is 5.69 Å². The number of anilines is 1. The number of rotatable bonds is 3. The number of nitrogens with two attached hydrogens (primary N) is 1. The van der Waals surface area contributed by atoms with Gasteiger partial charge in [0, 0.05) is 22.1 Å². The molecule has 0 unspecified atom stereocenters. The normalized spacial score (nSPS) is 10.8. The summed E-state index contributed by atoms with van der Waals surface area (Å²) in [4.78, 5) is 1.15. The molecule has 4 nitrogen and oxygen atoms in total. The van der Waals surface area contributed by atoms with Crippen LogP contribution in [0.25, 0.3) is 0 Å². The molecule has 6 heteroatoms. The van der Waals surface area contributed by atoms with Gasteiger partial charge in [0.2, 0.25) is 0 Å². The Morgan fingerprint density at radius 1 is 1.41 bits per heavy atom. The van der Waals surface area contributed by atoms with E-state index in [-0.39, 0.29) is 0 Å². The van der Waals surface area contributed by atoms with E-state index in [9.17, 15) is 0 Å². The zero-order valence-corrected chi connectivity index (χ0v) is 12.0. The number of benzene rings is 1. The monoisotopic (exact) mass is 312 g/mol. The van der Waals surface area contributed by atoms with E-state index in [0.29, 0.717) is 0 Å². The molecule has 0 aliphatic rings. The number of halogens is 1. The summed E-state index contributed by atoms with van der Waals surface area (Å²) in [6.45, 7) is 1.94. The third kappa shape index (κ3) is 2.81. The number of nitrogen functional groups attached to an aromatic ring is 1. The highest BCUT2D eigenvalue weighted by Crippen LogP contribution is 2.31. The minimum absolute atomic E-state index is 0.760. The Hall–Kier alpha value is -1.01. The quantitative estimate of drug-likeness (QED) is 0.699. The van der Waals surface area contributed by atoms with Crippen molar-refractivity contribution in [3.63, 3.8) is 0 Å². The molecule has 1 aromatic carbocycles. The molecule has 0 saturated carbocycles. The second-order valence-corrected chi connectivity index (χ2v) is 5.57.